The number of nitrogens with two attached hydrogens (primary N) is 1. The molecule has 1 aliphatic heterocycles. The second-order valence-corrected chi connectivity index (χ2v) is 5.73. The summed E-state index contributed by atoms with van der Waals surface area (Å²) in [6, 6.07) is 0. The van der Waals surface area contributed by atoms with Crippen molar-refractivity contribution in [3.05, 3.63) is 15.1 Å². The van der Waals surface area contributed by atoms with E-state index in [1.54, 1.807) is 0 Å². The van der Waals surface area contributed by atoms with E-state index in [0.717, 1.165) is 4.57 Å². The molecule has 132 valence electrons. The van der Waals surface area contributed by atoms with E-state index in [1.807, 2.05) is 0 Å². The van der Waals surface area contributed by atoms with E-state index in [2.05, 4.69) is 15.0 Å². The third kappa shape index (κ3) is 2.26. The molecule has 0 aromatic carbocycles. The zero-order valence-corrected chi connectivity index (χ0v) is 12.8. The maximum Gasteiger partial charge on any atom is 0.287 e. The van der Waals surface area contributed by atoms with Gasteiger partial charge >= 0.3 is 0 Å². The molecule has 2 aromatic rings. The van der Waals surface area contributed by atoms with E-state index in [-0.39, 0.29) is 21.9 Å². The van der Waals surface area contributed by atoms with Crippen molar-refractivity contribution in [2.45, 2.75) is 30.3 Å². The Morgan fingerprint density at radius 3 is 2.62 bits per heavy atom. The summed E-state index contributed by atoms with van der Waals surface area (Å²) in [5.74, 6) is -3.00. The lowest BCUT2D eigenvalue weighted by Gasteiger charge is -2.45. The van der Waals surface area contributed by atoms with Crippen molar-refractivity contribution < 1.29 is 30.3 Å². The molecule has 0 spiro atoms. The van der Waals surface area contributed by atoms with Crippen LogP contribution in [0.5, 0.6) is 0 Å². The normalized spacial score (nSPS) is 33.9. The first-order valence-corrected chi connectivity index (χ1v) is 7.17. The second kappa shape index (κ2) is 5.59. The summed E-state index contributed by atoms with van der Waals surface area (Å²) >= 11 is 5.02. The van der Waals surface area contributed by atoms with Crippen LogP contribution in [0.15, 0.2) is 4.79 Å². The zero-order chi connectivity index (χ0) is 17.8. The SMILES string of the molecule is Nc1nc2c([nH]c(=S)n2[C@]2(O)O[C@H](CO)[C@@H](O)[C@H](O)[C@H]2O)c(=O)[nH]1. The summed E-state index contributed by atoms with van der Waals surface area (Å²) in [5.41, 5.74) is 4.39. The summed E-state index contributed by atoms with van der Waals surface area (Å²) in [7, 11) is 0. The quantitative estimate of drug-likeness (QED) is 0.247. The average Bonchev–Trinajstić information content (AvgIpc) is 2.86. The van der Waals surface area contributed by atoms with Gasteiger partial charge in [-0.15, -0.1) is 0 Å². The molecule has 13 heteroatoms. The molecule has 0 unspecified atom stereocenters. The van der Waals surface area contributed by atoms with Gasteiger partial charge in [0.05, 0.1) is 6.61 Å². The Labute approximate surface area is 137 Å². The number of ether oxygens (including phenoxy) is 1. The monoisotopic (exact) mass is 361 g/mol. The van der Waals surface area contributed by atoms with E-state index in [4.69, 9.17) is 22.7 Å². The third-order valence-electron chi connectivity index (χ3n) is 3.83. The predicted octanol–water partition coefficient (Wildman–Crippen LogP) is -3.56. The van der Waals surface area contributed by atoms with Gasteiger partial charge in [-0.25, -0.2) is 4.57 Å². The van der Waals surface area contributed by atoms with Gasteiger partial charge in [0.1, 0.15) is 18.3 Å². The number of nitrogen functional groups attached to an aromatic ring is 1. The molecule has 5 atom stereocenters. The number of fused-ring (bicyclic) bond motifs is 1. The number of imidazole rings is 1. The van der Waals surface area contributed by atoms with E-state index < -0.39 is 42.5 Å². The van der Waals surface area contributed by atoms with Crippen molar-refractivity contribution in [2.24, 2.45) is 0 Å². The first kappa shape index (κ1) is 17.0. The van der Waals surface area contributed by atoms with E-state index >= 15 is 0 Å². The van der Waals surface area contributed by atoms with Crippen LogP contribution in [-0.4, -0.2) is 76.1 Å². The molecule has 0 aliphatic carbocycles. The van der Waals surface area contributed by atoms with Crippen LogP contribution < -0.4 is 11.3 Å². The molecule has 24 heavy (non-hydrogen) atoms. The molecule has 9 N–H and O–H groups in total. The maximum absolute atomic E-state index is 11.9. The molecule has 1 saturated heterocycles. The summed E-state index contributed by atoms with van der Waals surface area (Å²) in [4.78, 5) is 20.4. The van der Waals surface area contributed by atoms with Gasteiger partial charge in [-0.2, -0.15) is 4.98 Å². The Balaban J connectivity index is 2.27. The van der Waals surface area contributed by atoms with Crippen LogP contribution in [0.1, 0.15) is 0 Å². The van der Waals surface area contributed by atoms with Crippen LogP contribution in [0.2, 0.25) is 0 Å². The Kier molecular flexibility index (Phi) is 3.95. The molecular weight excluding hydrogens is 346 g/mol. The number of aromatic amines is 2. The van der Waals surface area contributed by atoms with Gasteiger partial charge in [0.15, 0.2) is 22.0 Å². The van der Waals surface area contributed by atoms with Crippen molar-refractivity contribution in [3.8, 4) is 0 Å². The van der Waals surface area contributed by atoms with Crippen molar-refractivity contribution in [2.75, 3.05) is 12.3 Å². The van der Waals surface area contributed by atoms with Gasteiger partial charge in [-0.1, -0.05) is 0 Å². The van der Waals surface area contributed by atoms with Crippen molar-refractivity contribution in [1.29, 1.82) is 0 Å². The van der Waals surface area contributed by atoms with Crippen molar-refractivity contribution in [1.82, 2.24) is 19.5 Å². The number of rotatable bonds is 2. The minimum absolute atomic E-state index is 0.153. The highest BCUT2D eigenvalue weighted by atomic mass is 32.1. The van der Waals surface area contributed by atoms with Crippen molar-refractivity contribution >= 4 is 29.3 Å². The highest BCUT2D eigenvalue weighted by Gasteiger charge is 2.55. The lowest BCUT2D eigenvalue weighted by Crippen LogP contribution is -2.65. The fourth-order valence-electron chi connectivity index (χ4n) is 2.63. The smallest absolute Gasteiger partial charge is 0.287 e. The topological polar surface area (TPSA) is 203 Å². The fraction of sp³-hybridized carbons (Fsp3) is 0.545. The highest BCUT2D eigenvalue weighted by Crippen LogP contribution is 2.34. The highest BCUT2D eigenvalue weighted by molar-refractivity contribution is 7.71. The molecule has 0 amide bonds. The van der Waals surface area contributed by atoms with Gasteiger partial charge in [-0.3, -0.25) is 9.78 Å². The molecule has 0 saturated carbocycles. The lowest BCUT2D eigenvalue weighted by molar-refractivity contribution is -0.390. The number of aromatic nitrogens is 4. The lowest BCUT2D eigenvalue weighted by atomic mass is 9.96. The minimum Gasteiger partial charge on any atom is -0.394 e. The Morgan fingerprint density at radius 2 is 2.00 bits per heavy atom. The molecule has 0 radical (unpaired) electrons. The standard InChI is InChI=1S/C11H15N5O7S/c12-9-14-7-3(8(21)15-9)13-10(24)16(7)11(22)6(20)5(19)4(18)2(1-17)23-11/h2,4-6,17-20,22H,1H2,(H,13,24)(H3,12,14,15,21)/t2-,4-,5+,6-,11-/m1/s1. The number of hydrogen-bond acceptors (Lipinski definition) is 10. The molecule has 0 bridgehead atoms. The number of nitrogens with one attached hydrogen (secondary N) is 2. The second-order valence-electron chi connectivity index (χ2n) is 5.34. The molecular formula is C11H15N5O7S. The van der Waals surface area contributed by atoms with Crippen LogP contribution in [0, 0.1) is 4.77 Å². The van der Waals surface area contributed by atoms with E-state index in [9.17, 15) is 30.3 Å². The number of aliphatic hydroxyl groups is 5. The average molecular weight is 361 g/mol. The molecule has 2 aromatic heterocycles. The molecule has 1 fully saturated rings. The minimum atomic E-state index is -2.71. The van der Waals surface area contributed by atoms with Gasteiger partial charge < -0.3 is 41.0 Å². The predicted molar refractivity (Wildman–Crippen MR) is 80.1 cm³/mol. The summed E-state index contributed by atoms with van der Waals surface area (Å²) in [5, 5.41) is 49.9. The molecule has 12 nitrogen and oxygen atoms in total. The zero-order valence-electron chi connectivity index (χ0n) is 11.9. The number of H-pyrrole nitrogens is 2. The Bertz CT molecular complexity index is 891. The maximum atomic E-state index is 11.9. The van der Waals surface area contributed by atoms with Crippen molar-refractivity contribution in [3.63, 3.8) is 0 Å². The number of aliphatic hydroxyl groups excluding tert-OH is 4. The van der Waals surface area contributed by atoms with Crippen LogP contribution in [0.25, 0.3) is 11.2 Å². The molecule has 3 rings (SSSR count). The largest absolute Gasteiger partial charge is 0.394 e. The Morgan fingerprint density at radius 1 is 1.33 bits per heavy atom. The summed E-state index contributed by atoms with van der Waals surface area (Å²) in [6.45, 7) is -0.765. The Hall–Kier alpha value is -1.87. The van der Waals surface area contributed by atoms with Crippen LogP contribution in [0.4, 0.5) is 5.95 Å². The van der Waals surface area contributed by atoms with Gasteiger partial charge in [0.2, 0.25) is 5.95 Å². The number of nitrogens with zero attached hydrogens (tertiary/aromatic N) is 2. The molecule has 3 heterocycles. The van der Waals surface area contributed by atoms with Gasteiger partial charge in [-0.05, 0) is 12.2 Å². The van der Waals surface area contributed by atoms with Crippen LogP contribution in [-0.2, 0) is 10.6 Å². The van der Waals surface area contributed by atoms with Crippen LogP contribution in [0.3, 0.4) is 0 Å². The molecule has 1 aliphatic rings. The number of anilines is 1. The summed E-state index contributed by atoms with van der Waals surface area (Å²) < 4.78 is 5.63. The van der Waals surface area contributed by atoms with E-state index in [0.29, 0.717) is 0 Å². The van der Waals surface area contributed by atoms with Crippen LogP contribution >= 0.6 is 12.2 Å². The van der Waals surface area contributed by atoms with E-state index in [1.165, 1.54) is 0 Å². The van der Waals surface area contributed by atoms with Gasteiger partial charge in [0, 0.05) is 0 Å². The van der Waals surface area contributed by atoms with Gasteiger partial charge in [0.25, 0.3) is 11.5 Å². The summed E-state index contributed by atoms with van der Waals surface area (Å²) in [6.07, 6.45) is -7.03. The number of hydrogen-bond donors (Lipinski definition) is 8. The fourth-order valence-corrected chi connectivity index (χ4v) is 2.95. The third-order valence-corrected chi connectivity index (χ3v) is 4.11. The first-order valence-electron chi connectivity index (χ1n) is 6.77. The first-order chi connectivity index (χ1) is 11.2.